The summed E-state index contributed by atoms with van der Waals surface area (Å²) in [5.41, 5.74) is 0.315. The zero-order valence-corrected chi connectivity index (χ0v) is 17.9. The van der Waals surface area contributed by atoms with E-state index in [1.807, 2.05) is 26.0 Å². The lowest BCUT2D eigenvalue weighted by atomic mass is 9.94. The van der Waals surface area contributed by atoms with Crippen molar-refractivity contribution in [1.29, 1.82) is 0 Å². The van der Waals surface area contributed by atoms with Crippen LogP contribution in [0.25, 0.3) is 0 Å². The van der Waals surface area contributed by atoms with Gasteiger partial charge in [0.1, 0.15) is 0 Å². The molecule has 4 nitrogen and oxygen atoms in total. The summed E-state index contributed by atoms with van der Waals surface area (Å²) in [6.07, 6.45) is 11.8. The van der Waals surface area contributed by atoms with E-state index in [-0.39, 0.29) is 11.0 Å². The van der Waals surface area contributed by atoms with Crippen molar-refractivity contribution in [2.75, 3.05) is 0 Å². The molecule has 1 aromatic rings. The lowest BCUT2D eigenvalue weighted by Gasteiger charge is -2.28. The SMILES string of the molecule is C=C[C@@]1(C)C[C@@H](CCCCCCCCC)ON1S(=O)(=O)c1ccc(C)cc1. The van der Waals surface area contributed by atoms with Gasteiger partial charge in [-0.2, -0.15) is 0 Å². The van der Waals surface area contributed by atoms with Gasteiger partial charge in [0.15, 0.2) is 0 Å². The van der Waals surface area contributed by atoms with Gasteiger partial charge in [0.05, 0.1) is 16.5 Å². The summed E-state index contributed by atoms with van der Waals surface area (Å²) >= 11 is 0. The number of aryl methyl sites for hydroxylation is 1. The van der Waals surface area contributed by atoms with Gasteiger partial charge in [0.25, 0.3) is 10.0 Å². The summed E-state index contributed by atoms with van der Waals surface area (Å²) in [4.78, 5) is 6.20. The fourth-order valence-electron chi connectivity index (χ4n) is 3.61. The Hall–Kier alpha value is -1.17. The fraction of sp³-hybridized carbons (Fsp3) is 0.636. The van der Waals surface area contributed by atoms with Crippen LogP contribution in [0, 0.1) is 6.92 Å². The molecule has 152 valence electrons. The number of sulfonamides is 1. The Kier molecular flexibility index (Phi) is 8.07. The quantitative estimate of drug-likeness (QED) is 0.354. The molecule has 2 atom stereocenters. The molecule has 0 aromatic heterocycles. The van der Waals surface area contributed by atoms with Crippen LogP contribution in [-0.4, -0.2) is 24.5 Å². The largest absolute Gasteiger partial charge is 0.280 e. The molecule has 1 aromatic carbocycles. The summed E-state index contributed by atoms with van der Waals surface area (Å²) in [5.74, 6) is 0. The summed E-state index contributed by atoms with van der Waals surface area (Å²) in [5, 5.41) is 0. The maximum absolute atomic E-state index is 13.1. The highest BCUT2D eigenvalue weighted by molar-refractivity contribution is 7.89. The van der Waals surface area contributed by atoms with E-state index in [1.165, 1.54) is 43.0 Å². The minimum Gasteiger partial charge on any atom is -0.280 e. The van der Waals surface area contributed by atoms with Crippen LogP contribution in [0.2, 0.25) is 0 Å². The molecule has 0 radical (unpaired) electrons. The molecule has 0 spiro atoms. The zero-order valence-electron chi connectivity index (χ0n) is 17.1. The highest BCUT2D eigenvalue weighted by Crippen LogP contribution is 2.39. The van der Waals surface area contributed by atoms with Crippen molar-refractivity contribution in [3.8, 4) is 0 Å². The molecule has 0 unspecified atom stereocenters. The van der Waals surface area contributed by atoms with Crippen molar-refractivity contribution in [2.45, 2.75) is 95.1 Å². The number of unbranched alkanes of at least 4 members (excludes halogenated alkanes) is 6. The van der Waals surface area contributed by atoms with E-state index >= 15 is 0 Å². The van der Waals surface area contributed by atoms with E-state index < -0.39 is 15.6 Å². The lowest BCUT2D eigenvalue weighted by Crippen LogP contribution is -2.42. The number of rotatable bonds is 11. The monoisotopic (exact) mass is 393 g/mol. The molecule has 0 N–H and O–H groups in total. The van der Waals surface area contributed by atoms with E-state index in [4.69, 9.17) is 4.84 Å². The van der Waals surface area contributed by atoms with Gasteiger partial charge in [-0.05, 0) is 32.4 Å². The Balaban J connectivity index is 1.96. The van der Waals surface area contributed by atoms with Crippen molar-refractivity contribution in [3.63, 3.8) is 0 Å². The Labute approximate surface area is 165 Å². The van der Waals surface area contributed by atoms with Crippen LogP contribution in [0.1, 0.15) is 77.2 Å². The smallest absolute Gasteiger partial charge is 0.265 e. The van der Waals surface area contributed by atoms with Crippen molar-refractivity contribution in [2.24, 2.45) is 0 Å². The van der Waals surface area contributed by atoms with Gasteiger partial charge in [-0.1, -0.05) is 80.1 Å². The topological polar surface area (TPSA) is 46.6 Å². The van der Waals surface area contributed by atoms with Crippen molar-refractivity contribution >= 4 is 10.0 Å². The van der Waals surface area contributed by atoms with Gasteiger partial charge in [-0.25, -0.2) is 8.42 Å². The summed E-state index contributed by atoms with van der Waals surface area (Å²) in [6, 6.07) is 6.90. The minimum atomic E-state index is -3.71. The molecule has 0 amide bonds. The maximum Gasteiger partial charge on any atom is 0.265 e. The number of benzene rings is 1. The fourth-order valence-corrected chi connectivity index (χ4v) is 5.21. The van der Waals surface area contributed by atoms with Crippen LogP contribution in [0.15, 0.2) is 41.8 Å². The molecular formula is C22H35NO3S. The molecule has 27 heavy (non-hydrogen) atoms. The maximum atomic E-state index is 13.1. The highest BCUT2D eigenvalue weighted by atomic mass is 32.2. The van der Waals surface area contributed by atoms with Crippen LogP contribution in [0.3, 0.4) is 0 Å². The van der Waals surface area contributed by atoms with E-state index in [2.05, 4.69) is 13.5 Å². The predicted molar refractivity (Wildman–Crippen MR) is 111 cm³/mol. The van der Waals surface area contributed by atoms with Crippen LogP contribution < -0.4 is 0 Å². The lowest BCUT2D eigenvalue weighted by molar-refractivity contribution is -0.103. The first-order valence-electron chi connectivity index (χ1n) is 10.3. The van der Waals surface area contributed by atoms with E-state index in [1.54, 1.807) is 18.2 Å². The molecule has 5 heteroatoms. The average molecular weight is 394 g/mol. The van der Waals surface area contributed by atoms with Crippen LogP contribution in [0.4, 0.5) is 0 Å². The van der Waals surface area contributed by atoms with Crippen LogP contribution in [0.5, 0.6) is 0 Å². The Morgan fingerprint density at radius 1 is 1.15 bits per heavy atom. The Bertz CT molecular complexity index is 699. The standard InChI is InChI=1S/C22H35NO3S/c1-5-7-8-9-10-11-12-13-20-18-22(4,6-2)23(26-20)27(24,25)21-16-14-19(3)15-17-21/h6,14-17,20H,2,5,7-13,18H2,1,3-4H3/t20-,22+/m1/s1. The molecule has 1 fully saturated rings. The number of nitrogens with zero attached hydrogens (tertiary/aromatic N) is 1. The van der Waals surface area contributed by atoms with Gasteiger partial charge in [-0.15, -0.1) is 6.58 Å². The minimum absolute atomic E-state index is 0.0798. The third-order valence-corrected chi connectivity index (χ3v) is 7.22. The van der Waals surface area contributed by atoms with Gasteiger partial charge >= 0.3 is 0 Å². The summed E-state index contributed by atoms with van der Waals surface area (Å²) in [6.45, 7) is 9.92. The molecule has 0 saturated carbocycles. The summed E-state index contributed by atoms with van der Waals surface area (Å²) < 4.78 is 27.4. The normalized spacial score (nSPS) is 23.6. The first kappa shape index (κ1) is 22.1. The van der Waals surface area contributed by atoms with Crippen molar-refractivity contribution in [1.82, 2.24) is 4.47 Å². The Morgan fingerprint density at radius 2 is 1.74 bits per heavy atom. The van der Waals surface area contributed by atoms with E-state index in [0.29, 0.717) is 6.42 Å². The van der Waals surface area contributed by atoms with Gasteiger partial charge < -0.3 is 0 Å². The van der Waals surface area contributed by atoms with Crippen molar-refractivity contribution < 1.29 is 13.3 Å². The van der Waals surface area contributed by atoms with Gasteiger partial charge in [0, 0.05) is 6.42 Å². The number of hydrogen-bond acceptors (Lipinski definition) is 3. The highest BCUT2D eigenvalue weighted by Gasteiger charge is 2.48. The van der Waals surface area contributed by atoms with Crippen molar-refractivity contribution in [3.05, 3.63) is 42.5 Å². The molecule has 0 aliphatic carbocycles. The molecule has 1 aliphatic heterocycles. The van der Waals surface area contributed by atoms with Crippen LogP contribution in [-0.2, 0) is 14.9 Å². The average Bonchev–Trinajstić information content (AvgIpc) is 2.99. The third-order valence-electron chi connectivity index (χ3n) is 5.41. The number of hydroxylamine groups is 1. The van der Waals surface area contributed by atoms with Gasteiger partial charge in [-0.3, -0.25) is 4.84 Å². The zero-order chi connectivity index (χ0) is 19.9. The van der Waals surface area contributed by atoms with Crippen LogP contribution >= 0.6 is 0 Å². The Morgan fingerprint density at radius 3 is 2.33 bits per heavy atom. The molecule has 1 heterocycles. The van der Waals surface area contributed by atoms with E-state index in [0.717, 1.165) is 18.4 Å². The molecule has 2 rings (SSSR count). The summed E-state index contributed by atoms with van der Waals surface area (Å²) in [7, 11) is -3.71. The second kappa shape index (κ2) is 9.85. The molecular weight excluding hydrogens is 358 g/mol. The van der Waals surface area contributed by atoms with Gasteiger partial charge in [0.2, 0.25) is 0 Å². The second-order valence-corrected chi connectivity index (χ2v) is 9.70. The van der Waals surface area contributed by atoms with E-state index in [9.17, 15) is 8.42 Å². The third kappa shape index (κ3) is 5.66. The first-order chi connectivity index (χ1) is 12.8. The molecule has 1 saturated heterocycles. The number of hydrogen-bond donors (Lipinski definition) is 0. The molecule has 0 bridgehead atoms. The predicted octanol–water partition coefficient (Wildman–Crippen LogP) is 5.78. The molecule has 1 aliphatic rings. The second-order valence-electron chi connectivity index (χ2n) is 7.95. The first-order valence-corrected chi connectivity index (χ1v) is 11.7.